The molecule has 24 heavy (non-hydrogen) atoms. The SMILES string of the molecule is CCN(Cc1ccccc1)C(=O)C1CCN(C(=O)C(C)(C)C)CC1. The van der Waals surface area contributed by atoms with E-state index in [-0.39, 0.29) is 23.1 Å². The highest BCUT2D eigenvalue weighted by molar-refractivity contribution is 5.82. The van der Waals surface area contributed by atoms with Crippen LogP contribution in [0.15, 0.2) is 30.3 Å². The maximum absolute atomic E-state index is 12.8. The molecule has 0 aromatic heterocycles. The van der Waals surface area contributed by atoms with E-state index in [9.17, 15) is 9.59 Å². The Kier molecular flexibility index (Phi) is 6.03. The molecule has 0 spiro atoms. The third-order valence-electron chi connectivity index (χ3n) is 4.68. The van der Waals surface area contributed by atoms with Gasteiger partial charge in [-0.1, -0.05) is 51.1 Å². The van der Waals surface area contributed by atoms with Gasteiger partial charge in [-0.25, -0.2) is 0 Å². The molecule has 2 rings (SSSR count). The molecule has 1 aromatic rings. The fraction of sp³-hybridized carbons (Fsp3) is 0.600. The Morgan fingerprint density at radius 1 is 1.12 bits per heavy atom. The second-order valence-corrected chi connectivity index (χ2v) is 7.65. The Morgan fingerprint density at radius 3 is 2.21 bits per heavy atom. The molecule has 1 aliphatic rings. The zero-order valence-electron chi connectivity index (χ0n) is 15.4. The number of benzene rings is 1. The Bertz CT molecular complexity index is 555. The van der Waals surface area contributed by atoms with E-state index < -0.39 is 0 Å². The summed E-state index contributed by atoms with van der Waals surface area (Å²) in [5.74, 6) is 0.451. The van der Waals surface area contributed by atoms with Crippen molar-refractivity contribution in [2.45, 2.75) is 47.1 Å². The summed E-state index contributed by atoms with van der Waals surface area (Å²) in [6.45, 7) is 10.6. The lowest BCUT2D eigenvalue weighted by Crippen LogP contribution is -2.47. The van der Waals surface area contributed by atoms with Crippen LogP contribution in [0, 0.1) is 11.3 Å². The number of hydrogen-bond acceptors (Lipinski definition) is 2. The number of likely N-dealkylation sites (tertiary alicyclic amines) is 1. The lowest BCUT2D eigenvalue weighted by Gasteiger charge is -2.36. The van der Waals surface area contributed by atoms with Gasteiger partial charge in [-0.3, -0.25) is 9.59 Å². The average Bonchev–Trinajstić information content (AvgIpc) is 2.58. The topological polar surface area (TPSA) is 40.6 Å². The molecule has 1 fully saturated rings. The number of amides is 2. The van der Waals surface area contributed by atoms with E-state index in [2.05, 4.69) is 12.1 Å². The first-order chi connectivity index (χ1) is 11.3. The summed E-state index contributed by atoms with van der Waals surface area (Å²) in [6, 6.07) is 10.1. The molecule has 0 radical (unpaired) electrons. The van der Waals surface area contributed by atoms with Crippen LogP contribution in [0.2, 0.25) is 0 Å². The van der Waals surface area contributed by atoms with Crippen LogP contribution in [0.25, 0.3) is 0 Å². The normalized spacial score (nSPS) is 16.1. The van der Waals surface area contributed by atoms with E-state index in [1.807, 2.05) is 55.7 Å². The molecular formula is C20H30N2O2. The van der Waals surface area contributed by atoms with Crippen LogP contribution in [0.3, 0.4) is 0 Å². The molecule has 0 atom stereocenters. The molecule has 0 unspecified atom stereocenters. The highest BCUT2D eigenvalue weighted by atomic mass is 16.2. The quantitative estimate of drug-likeness (QED) is 0.850. The van der Waals surface area contributed by atoms with Crippen molar-refractivity contribution in [3.05, 3.63) is 35.9 Å². The lowest BCUT2D eigenvalue weighted by atomic mass is 9.90. The maximum atomic E-state index is 12.8. The lowest BCUT2D eigenvalue weighted by molar-refractivity contribution is -0.145. The molecule has 0 bridgehead atoms. The molecule has 0 N–H and O–H groups in total. The monoisotopic (exact) mass is 330 g/mol. The summed E-state index contributed by atoms with van der Waals surface area (Å²) in [6.07, 6.45) is 1.54. The molecule has 4 heteroatoms. The summed E-state index contributed by atoms with van der Waals surface area (Å²) >= 11 is 0. The minimum Gasteiger partial charge on any atom is -0.342 e. The van der Waals surface area contributed by atoms with Crippen LogP contribution in [0.5, 0.6) is 0 Å². The minimum atomic E-state index is -0.348. The van der Waals surface area contributed by atoms with Crippen LogP contribution in [-0.2, 0) is 16.1 Å². The van der Waals surface area contributed by atoms with Crippen molar-refractivity contribution >= 4 is 11.8 Å². The van der Waals surface area contributed by atoms with Crippen molar-refractivity contribution in [2.24, 2.45) is 11.3 Å². The molecule has 132 valence electrons. The molecule has 1 saturated heterocycles. The molecule has 2 amide bonds. The van der Waals surface area contributed by atoms with Crippen LogP contribution in [0.4, 0.5) is 0 Å². The average molecular weight is 330 g/mol. The van der Waals surface area contributed by atoms with Gasteiger partial charge in [0.15, 0.2) is 0 Å². The van der Waals surface area contributed by atoms with Gasteiger partial charge in [-0.2, -0.15) is 0 Å². The number of hydrogen-bond donors (Lipinski definition) is 0. The Labute approximate surface area is 145 Å². The van der Waals surface area contributed by atoms with E-state index in [4.69, 9.17) is 0 Å². The third kappa shape index (κ3) is 4.59. The molecule has 0 aliphatic carbocycles. The van der Waals surface area contributed by atoms with Crippen LogP contribution in [-0.4, -0.2) is 41.2 Å². The van der Waals surface area contributed by atoms with E-state index in [1.54, 1.807) is 0 Å². The summed E-state index contributed by atoms with van der Waals surface area (Å²) in [5, 5.41) is 0. The standard InChI is InChI=1S/C20H30N2O2/c1-5-21(15-16-9-7-6-8-10-16)18(23)17-11-13-22(14-12-17)19(24)20(2,3)4/h6-10,17H,5,11-15H2,1-4H3. The summed E-state index contributed by atoms with van der Waals surface area (Å²) < 4.78 is 0. The van der Waals surface area contributed by atoms with E-state index >= 15 is 0 Å². The zero-order valence-corrected chi connectivity index (χ0v) is 15.4. The van der Waals surface area contributed by atoms with Crippen molar-refractivity contribution in [3.63, 3.8) is 0 Å². The minimum absolute atomic E-state index is 0.0395. The van der Waals surface area contributed by atoms with Crippen LogP contribution < -0.4 is 0 Å². The Hall–Kier alpha value is -1.84. The van der Waals surface area contributed by atoms with Gasteiger partial charge in [-0.15, -0.1) is 0 Å². The Balaban J connectivity index is 1.92. The van der Waals surface area contributed by atoms with Crippen molar-refractivity contribution in [1.29, 1.82) is 0 Å². The number of carbonyl (C=O) groups excluding carboxylic acids is 2. The number of nitrogens with zero attached hydrogens (tertiary/aromatic N) is 2. The van der Waals surface area contributed by atoms with E-state index in [0.29, 0.717) is 19.6 Å². The smallest absolute Gasteiger partial charge is 0.227 e. The van der Waals surface area contributed by atoms with Gasteiger partial charge in [0.05, 0.1) is 0 Å². The van der Waals surface area contributed by atoms with Crippen molar-refractivity contribution in [3.8, 4) is 0 Å². The second kappa shape index (κ2) is 7.82. The van der Waals surface area contributed by atoms with Gasteiger partial charge < -0.3 is 9.80 Å². The molecule has 0 saturated carbocycles. The van der Waals surface area contributed by atoms with Crippen molar-refractivity contribution in [1.82, 2.24) is 9.80 Å². The summed E-state index contributed by atoms with van der Waals surface area (Å²) in [5.41, 5.74) is 0.813. The predicted octanol–water partition coefficient (Wildman–Crippen LogP) is 3.32. The molecule has 4 nitrogen and oxygen atoms in total. The first-order valence-electron chi connectivity index (χ1n) is 8.95. The number of piperidine rings is 1. The van der Waals surface area contributed by atoms with Crippen LogP contribution in [0.1, 0.15) is 46.1 Å². The largest absolute Gasteiger partial charge is 0.342 e. The number of rotatable bonds is 4. The van der Waals surface area contributed by atoms with E-state index in [1.165, 1.54) is 0 Å². The van der Waals surface area contributed by atoms with Gasteiger partial charge in [0.25, 0.3) is 0 Å². The molecule has 1 aromatic carbocycles. The molecular weight excluding hydrogens is 300 g/mol. The van der Waals surface area contributed by atoms with Gasteiger partial charge in [-0.05, 0) is 25.3 Å². The highest BCUT2D eigenvalue weighted by Gasteiger charge is 2.33. The number of carbonyl (C=O) groups is 2. The Morgan fingerprint density at radius 2 is 1.71 bits per heavy atom. The van der Waals surface area contributed by atoms with E-state index in [0.717, 1.165) is 24.9 Å². The molecule has 1 heterocycles. The van der Waals surface area contributed by atoms with Gasteiger partial charge in [0.2, 0.25) is 11.8 Å². The van der Waals surface area contributed by atoms with Crippen LogP contribution >= 0.6 is 0 Å². The van der Waals surface area contributed by atoms with Gasteiger partial charge >= 0.3 is 0 Å². The second-order valence-electron chi connectivity index (χ2n) is 7.65. The fourth-order valence-corrected chi connectivity index (χ4v) is 3.21. The van der Waals surface area contributed by atoms with Crippen molar-refractivity contribution in [2.75, 3.05) is 19.6 Å². The third-order valence-corrected chi connectivity index (χ3v) is 4.68. The zero-order chi connectivity index (χ0) is 17.7. The first kappa shape index (κ1) is 18.5. The van der Waals surface area contributed by atoms with Crippen molar-refractivity contribution < 1.29 is 9.59 Å². The maximum Gasteiger partial charge on any atom is 0.227 e. The fourth-order valence-electron chi connectivity index (χ4n) is 3.21. The van der Waals surface area contributed by atoms with Gasteiger partial charge in [0.1, 0.15) is 0 Å². The first-order valence-corrected chi connectivity index (χ1v) is 8.95. The summed E-state index contributed by atoms with van der Waals surface area (Å²) in [4.78, 5) is 29.0. The highest BCUT2D eigenvalue weighted by Crippen LogP contribution is 2.25. The predicted molar refractivity (Wildman–Crippen MR) is 96.3 cm³/mol. The summed E-state index contributed by atoms with van der Waals surface area (Å²) in [7, 11) is 0. The van der Waals surface area contributed by atoms with Gasteiger partial charge in [0, 0.05) is 37.5 Å². The molecule has 1 aliphatic heterocycles.